The summed E-state index contributed by atoms with van der Waals surface area (Å²) in [6.07, 6.45) is -0.500. The molecule has 0 saturated heterocycles. The third kappa shape index (κ3) is 7.29. The fourth-order valence-corrected chi connectivity index (χ4v) is 3.92. The third-order valence-corrected chi connectivity index (χ3v) is 5.86. The van der Waals surface area contributed by atoms with Crippen molar-refractivity contribution in [3.05, 3.63) is 136 Å². The van der Waals surface area contributed by atoms with Gasteiger partial charge in [-0.05, 0) is 29.3 Å². The number of anilines is 1. The summed E-state index contributed by atoms with van der Waals surface area (Å²) >= 11 is 6.17. The van der Waals surface area contributed by atoms with Crippen molar-refractivity contribution < 1.29 is 19.1 Å². The third-order valence-electron chi connectivity index (χ3n) is 5.62. The second-order valence-corrected chi connectivity index (χ2v) is 8.76. The van der Waals surface area contributed by atoms with E-state index >= 15 is 0 Å². The molecule has 0 spiro atoms. The number of hydrogen-bond acceptors (Lipinski definition) is 4. The highest BCUT2D eigenvalue weighted by Gasteiger charge is 2.24. The molecule has 0 aliphatic heterocycles. The number of carbonyl (C=O) groups excluding carboxylic acids is 3. The van der Waals surface area contributed by atoms with Crippen LogP contribution in [0.25, 0.3) is 0 Å². The van der Waals surface area contributed by atoms with Crippen LogP contribution in [-0.2, 0) is 22.6 Å². The molecule has 2 N–H and O–H groups in total. The minimum absolute atomic E-state index is 0.0687. The van der Waals surface area contributed by atoms with E-state index < -0.39 is 18.0 Å². The van der Waals surface area contributed by atoms with Crippen LogP contribution in [0.1, 0.15) is 27.0 Å². The monoisotopic (exact) mass is 512 g/mol. The predicted octanol–water partition coefficient (Wildman–Crippen LogP) is 6.05. The Balaban J connectivity index is 1.53. The first-order valence-corrected chi connectivity index (χ1v) is 12.1. The number of alkyl carbamates (subject to hydrolysis) is 1. The van der Waals surface area contributed by atoms with Gasteiger partial charge in [0.1, 0.15) is 12.6 Å². The quantitative estimate of drug-likeness (QED) is 0.267. The summed E-state index contributed by atoms with van der Waals surface area (Å²) in [4.78, 5) is 39.2. The van der Waals surface area contributed by atoms with Gasteiger partial charge in [0, 0.05) is 22.6 Å². The van der Waals surface area contributed by atoms with E-state index in [4.69, 9.17) is 16.3 Å². The average molecular weight is 513 g/mol. The van der Waals surface area contributed by atoms with Crippen LogP contribution >= 0.6 is 11.6 Å². The maximum atomic E-state index is 13.4. The Morgan fingerprint density at radius 1 is 0.757 bits per heavy atom. The predicted molar refractivity (Wildman–Crippen MR) is 144 cm³/mol. The SMILES string of the molecule is O=C(N[C@H](Cc1ccccc1)C(=O)Nc1ccc(Cl)cc1C(=O)c1ccccc1)OCc1ccccc1. The van der Waals surface area contributed by atoms with Gasteiger partial charge < -0.3 is 15.4 Å². The normalized spacial score (nSPS) is 11.3. The molecular weight excluding hydrogens is 488 g/mol. The largest absolute Gasteiger partial charge is 0.445 e. The number of ether oxygens (including phenoxy) is 1. The molecule has 0 bridgehead atoms. The summed E-state index contributed by atoms with van der Waals surface area (Å²) in [5.74, 6) is -0.779. The van der Waals surface area contributed by atoms with Gasteiger partial charge in [-0.3, -0.25) is 9.59 Å². The Morgan fingerprint density at radius 2 is 1.35 bits per heavy atom. The zero-order chi connectivity index (χ0) is 26.0. The van der Waals surface area contributed by atoms with Crippen LogP contribution < -0.4 is 10.6 Å². The molecule has 7 heteroatoms. The summed E-state index contributed by atoms with van der Waals surface area (Å²) in [6, 6.07) is 31.0. The molecule has 0 aromatic heterocycles. The molecule has 0 unspecified atom stereocenters. The maximum Gasteiger partial charge on any atom is 0.408 e. The number of hydrogen-bond donors (Lipinski definition) is 2. The van der Waals surface area contributed by atoms with E-state index in [0.29, 0.717) is 16.3 Å². The molecule has 37 heavy (non-hydrogen) atoms. The first-order valence-electron chi connectivity index (χ1n) is 11.7. The van der Waals surface area contributed by atoms with Gasteiger partial charge in [0.15, 0.2) is 5.78 Å². The van der Waals surface area contributed by atoms with E-state index in [1.807, 2.05) is 66.7 Å². The van der Waals surface area contributed by atoms with Crippen molar-refractivity contribution in [1.82, 2.24) is 5.32 Å². The van der Waals surface area contributed by atoms with Crippen molar-refractivity contribution in [2.75, 3.05) is 5.32 Å². The van der Waals surface area contributed by atoms with Crippen molar-refractivity contribution >= 4 is 35.1 Å². The second kappa shape index (κ2) is 12.5. The van der Waals surface area contributed by atoms with E-state index in [1.54, 1.807) is 36.4 Å². The van der Waals surface area contributed by atoms with E-state index in [9.17, 15) is 14.4 Å². The zero-order valence-electron chi connectivity index (χ0n) is 19.9. The van der Waals surface area contributed by atoms with Crippen LogP contribution in [0.5, 0.6) is 0 Å². The van der Waals surface area contributed by atoms with Crippen molar-refractivity contribution in [2.24, 2.45) is 0 Å². The molecule has 0 aliphatic carbocycles. The highest BCUT2D eigenvalue weighted by Crippen LogP contribution is 2.24. The molecule has 0 aliphatic rings. The van der Waals surface area contributed by atoms with Gasteiger partial charge in [-0.1, -0.05) is 103 Å². The van der Waals surface area contributed by atoms with Crippen LogP contribution in [0.2, 0.25) is 5.02 Å². The van der Waals surface area contributed by atoms with Crippen molar-refractivity contribution in [3.8, 4) is 0 Å². The van der Waals surface area contributed by atoms with E-state index in [2.05, 4.69) is 10.6 Å². The number of rotatable bonds is 9. The lowest BCUT2D eigenvalue weighted by Crippen LogP contribution is -2.45. The van der Waals surface area contributed by atoms with E-state index in [-0.39, 0.29) is 24.4 Å². The van der Waals surface area contributed by atoms with Gasteiger partial charge in [-0.2, -0.15) is 0 Å². The lowest BCUT2D eigenvalue weighted by atomic mass is 10.0. The molecule has 0 heterocycles. The average Bonchev–Trinajstić information content (AvgIpc) is 2.93. The maximum absolute atomic E-state index is 13.4. The fraction of sp³-hybridized carbons (Fsp3) is 0.100. The number of halogens is 1. The Morgan fingerprint density at radius 3 is 2.00 bits per heavy atom. The van der Waals surface area contributed by atoms with Gasteiger partial charge >= 0.3 is 6.09 Å². The molecular formula is C30H25ClN2O4. The highest BCUT2D eigenvalue weighted by atomic mass is 35.5. The summed E-state index contributed by atoms with van der Waals surface area (Å²) in [5, 5.41) is 5.82. The number of amides is 2. The molecule has 1 atom stereocenters. The van der Waals surface area contributed by atoms with Gasteiger partial charge in [-0.15, -0.1) is 0 Å². The summed E-state index contributed by atoms with van der Waals surface area (Å²) < 4.78 is 5.33. The summed E-state index contributed by atoms with van der Waals surface area (Å²) in [6.45, 7) is 0.0687. The molecule has 186 valence electrons. The standard InChI is InChI=1S/C30H25ClN2O4/c31-24-16-17-26(25(19-24)28(34)23-14-8-3-9-15-23)32-29(35)27(18-21-10-4-1-5-11-21)33-30(36)37-20-22-12-6-2-7-13-22/h1-17,19,27H,18,20H2,(H,32,35)(H,33,36)/t27-/m1/s1. The van der Waals surface area contributed by atoms with Gasteiger partial charge in [-0.25, -0.2) is 4.79 Å². The number of ketones is 1. The number of benzene rings is 4. The van der Waals surface area contributed by atoms with Crippen molar-refractivity contribution in [2.45, 2.75) is 19.1 Å². The van der Waals surface area contributed by atoms with E-state index in [1.165, 1.54) is 6.07 Å². The van der Waals surface area contributed by atoms with Gasteiger partial charge in [0.25, 0.3) is 0 Å². The van der Waals surface area contributed by atoms with Crippen LogP contribution in [-0.4, -0.2) is 23.8 Å². The minimum Gasteiger partial charge on any atom is -0.445 e. The first-order chi connectivity index (χ1) is 18.0. The molecule has 2 amide bonds. The summed E-state index contributed by atoms with van der Waals surface area (Å²) in [5.41, 5.74) is 2.68. The molecule has 6 nitrogen and oxygen atoms in total. The lowest BCUT2D eigenvalue weighted by molar-refractivity contribution is -0.118. The molecule has 4 aromatic carbocycles. The Kier molecular flexibility index (Phi) is 8.68. The topological polar surface area (TPSA) is 84.5 Å². The van der Waals surface area contributed by atoms with Gasteiger partial charge in [0.2, 0.25) is 5.91 Å². The van der Waals surface area contributed by atoms with Crippen LogP contribution in [0.4, 0.5) is 10.5 Å². The lowest BCUT2D eigenvalue weighted by Gasteiger charge is -2.20. The summed E-state index contributed by atoms with van der Waals surface area (Å²) in [7, 11) is 0. The van der Waals surface area contributed by atoms with E-state index in [0.717, 1.165) is 11.1 Å². The first kappa shape index (κ1) is 25.7. The number of carbonyl (C=O) groups is 3. The van der Waals surface area contributed by atoms with Crippen LogP contribution in [0.3, 0.4) is 0 Å². The smallest absolute Gasteiger partial charge is 0.408 e. The second-order valence-electron chi connectivity index (χ2n) is 8.32. The molecule has 4 rings (SSSR count). The van der Waals surface area contributed by atoms with Crippen LogP contribution in [0, 0.1) is 0 Å². The molecule has 4 aromatic rings. The van der Waals surface area contributed by atoms with Crippen molar-refractivity contribution in [1.29, 1.82) is 0 Å². The highest BCUT2D eigenvalue weighted by molar-refractivity contribution is 6.31. The number of nitrogens with one attached hydrogen (secondary N) is 2. The Hall–Kier alpha value is -4.42. The van der Waals surface area contributed by atoms with Crippen LogP contribution in [0.15, 0.2) is 109 Å². The van der Waals surface area contributed by atoms with Crippen molar-refractivity contribution in [3.63, 3.8) is 0 Å². The van der Waals surface area contributed by atoms with Gasteiger partial charge in [0.05, 0.1) is 5.69 Å². The molecule has 0 fully saturated rings. The fourth-order valence-electron chi connectivity index (χ4n) is 3.74. The Bertz CT molecular complexity index is 1360. The Labute approximate surface area is 220 Å². The zero-order valence-corrected chi connectivity index (χ0v) is 20.7. The molecule has 0 saturated carbocycles. The molecule has 0 radical (unpaired) electrons. The minimum atomic E-state index is -0.957.